The number of carbonyl (C=O) groups is 1. The van der Waals surface area contributed by atoms with Crippen molar-refractivity contribution in [1.82, 2.24) is 4.90 Å². The van der Waals surface area contributed by atoms with Crippen LogP contribution in [-0.4, -0.2) is 31.6 Å². The molecule has 0 saturated heterocycles. The average molecular weight is 388 g/mol. The number of nitrogens with two attached hydrogens (primary N) is 1. The largest absolute Gasteiger partial charge is 0.398 e. The van der Waals surface area contributed by atoms with Gasteiger partial charge in [0.15, 0.2) is 11.6 Å². The van der Waals surface area contributed by atoms with Crippen LogP contribution in [0.1, 0.15) is 36.1 Å². The van der Waals surface area contributed by atoms with Crippen LogP contribution >= 0.6 is 0 Å². The van der Waals surface area contributed by atoms with Gasteiger partial charge in [0.1, 0.15) is 0 Å². The monoisotopic (exact) mass is 388 g/mol. The highest BCUT2D eigenvalue weighted by Gasteiger charge is 2.24. The maximum Gasteiger partial charge on any atom is 0.210 e. The maximum atomic E-state index is 13.6. The van der Waals surface area contributed by atoms with Crippen LogP contribution in [0.4, 0.5) is 14.5 Å². The smallest absolute Gasteiger partial charge is 0.210 e. The number of aryl methyl sites for hydroxylation is 1. The van der Waals surface area contributed by atoms with Crippen molar-refractivity contribution in [1.29, 1.82) is 0 Å². The SMILES string of the molecule is CCOC.Cc1ccc(N)c(C2=CC(c3ccc(F)c(F)c3)N(C=O)CC2)c1. The number of ether oxygens (including phenoxy) is 1. The lowest BCUT2D eigenvalue weighted by atomic mass is 9.91. The minimum atomic E-state index is -0.922. The van der Waals surface area contributed by atoms with Crippen molar-refractivity contribution >= 4 is 17.7 Å². The average Bonchev–Trinajstić information content (AvgIpc) is 2.71. The van der Waals surface area contributed by atoms with Gasteiger partial charge >= 0.3 is 0 Å². The van der Waals surface area contributed by atoms with E-state index in [0.29, 0.717) is 24.2 Å². The van der Waals surface area contributed by atoms with Crippen LogP contribution in [0, 0.1) is 18.6 Å². The van der Waals surface area contributed by atoms with E-state index in [2.05, 4.69) is 4.74 Å². The molecule has 1 aliphatic rings. The first-order valence-corrected chi connectivity index (χ1v) is 9.13. The predicted octanol–water partition coefficient (Wildman–Crippen LogP) is 4.49. The Bertz CT molecular complexity index is 850. The summed E-state index contributed by atoms with van der Waals surface area (Å²) in [5.74, 6) is -1.83. The van der Waals surface area contributed by atoms with E-state index in [4.69, 9.17) is 5.73 Å². The third kappa shape index (κ3) is 5.16. The van der Waals surface area contributed by atoms with Gasteiger partial charge in [-0.1, -0.05) is 23.8 Å². The number of methoxy groups -OCH3 is 1. The van der Waals surface area contributed by atoms with Crippen molar-refractivity contribution in [3.63, 3.8) is 0 Å². The van der Waals surface area contributed by atoms with E-state index in [1.165, 1.54) is 6.07 Å². The first-order valence-electron chi connectivity index (χ1n) is 9.13. The van der Waals surface area contributed by atoms with Gasteiger partial charge in [0.2, 0.25) is 6.41 Å². The molecule has 0 aliphatic carbocycles. The van der Waals surface area contributed by atoms with Crippen LogP contribution in [0.25, 0.3) is 5.57 Å². The zero-order chi connectivity index (χ0) is 20.7. The highest BCUT2D eigenvalue weighted by Crippen LogP contribution is 2.35. The molecule has 0 saturated carbocycles. The number of nitrogen functional groups attached to an aromatic ring is 1. The molecule has 3 rings (SSSR count). The van der Waals surface area contributed by atoms with E-state index in [1.54, 1.807) is 12.0 Å². The van der Waals surface area contributed by atoms with E-state index in [9.17, 15) is 13.6 Å². The third-order valence-electron chi connectivity index (χ3n) is 4.62. The van der Waals surface area contributed by atoms with Crippen molar-refractivity contribution in [2.45, 2.75) is 26.3 Å². The summed E-state index contributed by atoms with van der Waals surface area (Å²) in [5, 5.41) is 0. The summed E-state index contributed by atoms with van der Waals surface area (Å²) in [7, 11) is 1.68. The van der Waals surface area contributed by atoms with E-state index < -0.39 is 17.7 Å². The minimum Gasteiger partial charge on any atom is -0.398 e. The number of anilines is 1. The van der Waals surface area contributed by atoms with Crippen LogP contribution in [0.15, 0.2) is 42.5 Å². The summed E-state index contributed by atoms with van der Waals surface area (Å²) >= 11 is 0. The molecule has 6 heteroatoms. The third-order valence-corrected chi connectivity index (χ3v) is 4.62. The summed E-state index contributed by atoms with van der Waals surface area (Å²) in [6.07, 6.45) is 3.29. The van der Waals surface area contributed by atoms with E-state index in [0.717, 1.165) is 41.8 Å². The Morgan fingerprint density at radius 2 is 1.93 bits per heavy atom. The fourth-order valence-corrected chi connectivity index (χ4v) is 3.03. The molecular formula is C22H26F2N2O2. The van der Waals surface area contributed by atoms with Crippen molar-refractivity contribution in [3.05, 3.63) is 70.8 Å². The molecule has 2 N–H and O–H groups in total. The normalized spacial score (nSPS) is 16.1. The Balaban J connectivity index is 0.000000640. The molecule has 0 spiro atoms. The standard InChI is InChI=1S/C19H18F2N2O.C3H8O/c1-12-2-5-18(22)15(8-12)13-6-7-23(11-24)19(10-13)14-3-4-16(20)17(21)9-14;1-3-4-2/h2-5,8-11,19H,6-7,22H2,1H3;3H2,1-2H3. The number of amides is 1. The molecule has 150 valence electrons. The summed E-state index contributed by atoms with van der Waals surface area (Å²) < 4.78 is 31.3. The quantitative estimate of drug-likeness (QED) is 0.620. The lowest BCUT2D eigenvalue weighted by Crippen LogP contribution is -2.31. The van der Waals surface area contributed by atoms with Crippen LogP contribution in [0.2, 0.25) is 0 Å². The van der Waals surface area contributed by atoms with Crippen LogP contribution in [0.5, 0.6) is 0 Å². The second kappa shape index (κ2) is 9.99. The summed E-state index contributed by atoms with van der Waals surface area (Å²) in [5.41, 5.74) is 10.3. The second-order valence-corrected chi connectivity index (χ2v) is 6.57. The number of hydrogen-bond acceptors (Lipinski definition) is 3. The molecule has 1 aliphatic heterocycles. The van der Waals surface area contributed by atoms with E-state index in [-0.39, 0.29) is 0 Å². The van der Waals surface area contributed by atoms with Gasteiger partial charge in [0, 0.05) is 31.5 Å². The number of halogens is 2. The fourth-order valence-electron chi connectivity index (χ4n) is 3.03. The van der Waals surface area contributed by atoms with Crippen LogP contribution in [0.3, 0.4) is 0 Å². The highest BCUT2D eigenvalue weighted by molar-refractivity contribution is 5.77. The minimum absolute atomic E-state index is 0.443. The van der Waals surface area contributed by atoms with Gasteiger partial charge in [-0.25, -0.2) is 8.78 Å². The van der Waals surface area contributed by atoms with Crippen LogP contribution in [-0.2, 0) is 9.53 Å². The van der Waals surface area contributed by atoms with Crippen molar-refractivity contribution in [3.8, 4) is 0 Å². The van der Waals surface area contributed by atoms with E-state index >= 15 is 0 Å². The lowest BCUT2D eigenvalue weighted by molar-refractivity contribution is -0.119. The Kier molecular flexibility index (Phi) is 7.70. The second-order valence-electron chi connectivity index (χ2n) is 6.57. The maximum absolute atomic E-state index is 13.6. The Labute approximate surface area is 164 Å². The first-order chi connectivity index (χ1) is 13.4. The molecule has 1 heterocycles. The van der Waals surface area contributed by atoms with Gasteiger partial charge in [-0.3, -0.25) is 4.79 Å². The first kappa shape index (κ1) is 21.6. The molecule has 4 nitrogen and oxygen atoms in total. The molecule has 2 aromatic rings. The number of rotatable bonds is 4. The topological polar surface area (TPSA) is 55.6 Å². The van der Waals surface area contributed by atoms with Gasteiger partial charge in [-0.15, -0.1) is 0 Å². The zero-order valence-corrected chi connectivity index (χ0v) is 16.4. The van der Waals surface area contributed by atoms with Gasteiger partial charge in [-0.05, 0) is 55.7 Å². The highest BCUT2D eigenvalue weighted by atomic mass is 19.2. The van der Waals surface area contributed by atoms with Crippen molar-refractivity contribution < 1.29 is 18.3 Å². The van der Waals surface area contributed by atoms with Crippen molar-refractivity contribution in [2.75, 3.05) is 26.0 Å². The Morgan fingerprint density at radius 3 is 2.54 bits per heavy atom. The summed E-state index contributed by atoms with van der Waals surface area (Å²) in [6.45, 7) is 5.25. The molecule has 0 bridgehead atoms. The van der Waals surface area contributed by atoms with Gasteiger partial charge in [-0.2, -0.15) is 0 Å². The summed E-state index contributed by atoms with van der Waals surface area (Å²) in [6, 6.07) is 9.06. The number of nitrogens with zero attached hydrogens (tertiary/aromatic N) is 1. The molecule has 0 fully saturated rings. The molecule has 0 radical (unpaired) electrons. The lowest BCUT2D eigenvalue weighted by Gasteiger charge is -2.32. The van der Waals surface area contributed by atoms with E-state index in [1.807, 2.05) is 38.1 Å². The molecule has 0 aromatic heterocycles. The molecule has 2 aromatic carbocycles. The van der Waals surface area contributed by atoms with Gasteiger partial charge in [0.05, 0.1) is 6.04 Å². The number of carbonyl (C=O) groups excluding carboxylic acids is 1. The molecule has 1 amide bonds. The molecule has 1 unspecified atom stereocenters. The zero-order valence-electron chi connectivity index (χ0n) is 16.4. The molecule has 28 heavy (non-hydrogen) atoms. The van der Waals surface area contributed by atoms with Gasteiger partial charge < -0.3 is 15.4 Å². The molecular weight excluding hydrogens is 362 g/mol. The fraction of sp³-hybridized carbons (Fsp3) is 0.318. The predicted molar refractivity (Wildman–Crippen MR) is 108 cm³/mol. The Hall–Kier alpha value is -2.73. The van der Waals surface area contributed by atoms with Gasteiger partial charge in [0.25, 0.3) is 0 Å². The van der Waals surface area contributed by atoms with Crippen molar-refractivity contribution in [2.24, 2.45) is 0 Å². The summed E-state index contributed by atoms with van der Waals surface area (Å²) in [4.78, 5) is 12.9. The molecule has 1 atom stereocenters. The van der Waals surface area contributed by atoms with Crippen LogP contribution < -0.4 is 5.73 Å². The number of hydrogen-bond donors (Lipinski definition) is 1. The number of benzene rings is 2. The Morgan fingerprint density at radius 1 is 1.21 bits per heavy atom.